The van der Waals surface area contributed by atoms with Crippen molar-refractivity contribution in [3.8, 4) is 0 Å². The minimum absolute atomic E-state index is 0.00129. The summed E-state index contributed by atoms with van der Waals surface area (Å²) in [6, 6.07) is 13.0. The number of hydrogen-bond donors (Lipinski definition) is 3. The van der Waals surface area contributed by atoms with Crippen LogP contribution in [0, 0.1) is 0 Å². The van der Waals surface area contributed by atoms with Gasteiger partial charge in [0.1, 0.15) is 11.5 Å². The molecule has 0 spiro atoms. The molecule has 0 fully saturated rings. The number of aromatic carboxylic acids is 1. The lowest BCUT2D eigenvalue weighted by Crippen LogP contribution is -2.12. The summed E-state index contributed by atoms with van der Waals surface area (Å²) in [6.07, 6.45) is 1.16. The van der Waals surface area contributed by atoms with Gasteiger partial charge >= 0.3 is 5.97 Å². The molecular weight excluding hydrogens is 296 g/mol. The standard InChI is InChI=1S/C17H12N2O4/c20-15(10-5-1-2-6-11(10)17(22)23)9-14-16(21)19-13-8-4-3-7-12(13)18-14/h1-9,20H,(H,19,21)(H,22,23)/b15-9-. The fourth-order valence-electron chi connectivity index (χ4n) is 2.24. The van der Waals surface area contributed by atoms with E-state index in [-0.39, 0.29) is 22.6 Å². The van der Waals surface area contributed by atoms with Crippen molar-refractivity contribution < 1.29 is 15.0 Å². The highest BCUT2D eigenvalue weighted by Crippen LogP contribution is 2.19. The van der Waals surface area contributed by atoms with Gasteiger partial charge in [-0.1, -0.05) is 30.3 Å². The number of benzene rings is 2. The van der Waals surface area contributed by atoms with Crippen molar-refractivity contribution in [3.63, 3.8) is 0 Å². The van der Waals surface area contributed by atoms with Crippen LogP contribution in [-0.4, -0.2) is 26.2 Å². The van der Waals surface area contributed by atoms with Crippen molar-refractivity contribution in [1.29, 1.82) is 0 Å². The number of fused-ring (bicyclic) bond motifs is 1. The summed E-state index contributed by atoms with van der Waals surface area (Å²) >= 11 is 0. The highest BCUT2D eigenvalue weighted by molar-refractivity contribution is 5.95. The van der Waals surface area contributed by atoms with Crippen molar-refractivity contribution in [2.75, 3.05) is 0 Å². The molecule has 0 atom stereocenters. The van der Waals surface area contributed by atoms with Crippen LogP contribution >= 0.6 is 0 Å². The molecule has 0 saturated heterocycles. The van der Waals surface area contributed by atoms with Crippen LogP contribution in [0.4, 0.5) is 0 Å². The lowest BCUT2D eigenvalue weighted by molar-refractivity contribution is 0.0696. The number of nitrogens with zero attached hydrogens (tertiary/aromatic N) is 1. The number of rotatable bonds is 3. The Labute approximate surface area is 130 Å². The molecule has 0 aliphatic rings. The van der Waals surface area contributed by atoms with E-state index in [0.717, 1.165) is 6.08 Å². The number of H-pyrrole nitrogens is 1. The maximum Gasteiger partial charge on any atom is 0.336 e. The number of aliphatic hydroxyl groups is 1. The molecule has 0 bridgehead atoms. The van der Waals surface area contributed by atoms with Gasteiger partial charge in [-0.25, -0.2) is 9.78 Å². The molecule has 0 amide bonds. The smallest absolute Gasteiger partial charge is 0.336 e. The average molecular weight is 308 g/mol. The van der Waals surface area contributed by atoms with Crippen LogP contribution in [0.3, 0.4) is 0 Å². The van der Waals surface area contributed by atoms with Crippen LogP contribution in [0.25, 0.3) is 22.9 Å². The molecule has 1 aromatic heterocycles. The number of para-hydroxylation sites is 2. The first kappa shape index (κ1) is 14.5. The Hall–Kier alpha value is -3.41. The van der Waals surface area contributed by atoms with E-state index in [1.54, 1.807) is 36.4 Å². The molecule has 23 heavy (non-hydrogen) atoms. The van der Waals surface area contributed by atoms with E-state index >= 15 is 0 Å². The molecule has 6 nitrogen and oxygen atoms in total. The Morgan fingerprint density at radius 3 is 2.39 bits per heavy atom. The monoisotopic (exact) mass is 308 g/mol. The molecule has 1 heterocycles. The minimum Gasteiger partial charge on any atom is -0.507 e. The van der Waals surface area contributed by atoms with Crippen molar-refractivity contribution in [3.05, 3.63) is 75.7 Å². The summed E-state index contributed by atoms with van der Waals surface area (Å²) < 4.78 is 0. The summed E-state index contributed by atoms with van der Waals surface area (Å²) in [5.41, 5.74) is 0.745. The van der Waals surface area contributed by atoms with Gasteiger partial charge in [0.25, 0.3) is 5.56 Å². The normalized spacial score (nSPS) is 11.6. The largest absolute Gasteiger partial charge is 0.507 e. The van der Waals surface area contributed by atoms with E-state index in [9.17, 15) is 14.7 Å². The molecule has 3 N–H and O–H groups in total. The van der Waals surface area contributed by atoms with Crippen LogP contribution in [0.5, 0.6) is 0 Å². The van der Waals surface area contributed by atoms with E-state index in [1.807, 2.05) is 0 Å². The van der Waals surface area contributed by atoms with E-state index < -0.39 is 11.5 Å². The van der Waals surface area contributed by atoms with Crippen LogP contribution in [0.1, 0.15) is 21.6 Å². The van der Waals surface area contributed by atoms with Gasteiger partial charge in [0.2, 0.25) is 0 Å². The number of carbonyl (C=O) groups is 1. The predicted octanol–water partition coefficient (Wildman–Crippen LogP) is 2.68. The van der Waals surface area contributed by atoms with Gasteiger partial charge in [0.05, 0.1) is 16.6 Å². The highest BCUT2D eigenvalue weighted by atomic mass is 16.4. The first-order chi connectivity index (χ1) is 11.1. The third kappa shape index (κ3) is 2.82. The first-order valence-corrected chi connectivity index (χ1v) is 6.78. The molecule has 0 aliphatic heterocycles. The van der Waals surface area contributed by atoms with Gasteiger partial charge in [0, 0.05) is 11.6 Å². The Balaban J connectivity index is 2.13. The van der Waals surface area contributed by atoms with Gasteiger partial charge in [-0.2, -0.15) is 0 Å². The van der Waals surface area contributed by atoms with Crippen molar-refractivity contribution >= 4 is 28.8 Å². The van der Waals surface area contributed by atoms with Gasteiger partial charge < -0.3 is 15.2 Å². The topological polar surface area (TPSA) is 103 Å². The summed E-state index contributed by atoms with van der Waals surface area (Å²) in [5.74, 6) is -1.50. The second-order valence-electron chi connectivity index (χ2n) is 4.85. The summed E-state index contributed by atoms with van der Waals surface area (Å²) in [7, 11) is 0. The van der Waals surface area contributed by atoms with Crippen molar-refractivity contribution in [2.45, 2.75) is 0 Å². The molecule has 0 saturated carbocycles. The number of nitrogens with one attached hydrogen (secondary N) is 1. The SMILES string of the molecule is O=C(O)c1ccccc1/C(O)=C/c1nc2ccccc2[nH]c1=O. The number of hydrogen-bond acceptors (Lipinski definition) is 4. The average Bonchev–Trinajstić information content (AvgIpc) is 2.55. The molecule has 0 radical (unpaired) electrons. The first-order valence-electron chi connectivity index (χ1n) is 6.78. The van der Waals surface area contributed by atoms with E-state index in [4.69, 9.17) is 5.11 Å². The van der Waals surface area contributed by atoms with Gasteiger partial charge in [0.15, 0.2) is 0 Å². The quantitative estimate of drug-likeness (QED) is 0.645. The fraction of sp³-hybridized carbons (Fsp3) is 0. The Morgan fingerprint density at radius 2 is 1.65 bits per heavy atom. The lowest BCUT2D eigenvalue weighted by atomic mass is 10.1. The summed E-state index contributed by atoms with van der Waals surface area (Å²) in [6.45, 7) is 0. The highest BCUT2D eigenvalue weighted by Gasteiger charge is 2.13. The Morgan fingerprint density at radius 1 is 1.00 bits per heavy atom. The second kappa shape index (κ2) is 5.76. The fourth-order valence-corrected chi connectivity index (χ4v) is 2.24. The van der Waals surface area contributed by atoms with Crippen molar-refractivity contribution in [1.82, 2.24) is 9.97 Å². The van der Waals surface area contributed by atoms with Crippen molar-refractivity contribution in [2.24, 2.45) is 0 Å². The predicted molar refractivity (Wildman–Crippen MR) is 86.3 cm³/mol. The van der Waals surface area contributed by atoms with Crippen LogP contribution in [0.2, 0.25) is 0 Å². The maximum atomic E-state index is 12.0. The zero-order valence-corrected chi connectivity index (χ0v) is 11.9. The molecule has 6 heteroatoms. The summed E-state index contributed by atoms with van der Waals surface area (Å²) in [4.78, 5) is 30.1. The molecule has 114 valence electrons. The minimum atomic E-state index is -1.17. The lowest BCUT2D eigenvalue weighted by Gasteiger charge is -2.05. The van der Waals surface area contributed by atoms with E-state index in [0.29, 0.717) is 11.0 Å². The van der Waals surface area contributed by atoms with E-state index in [2.05, 4.69) is 9.97 Å². The molecule has 0 aliphatic carbocycles. The number of aromatic amines is 1. The molecule has 0 unspecified atom stereocenters. The van der Waals surface area contributed by atoms with Gasteiger partial charge in [-0.3, -0.25) is 4.79 Å². The molecule has 2 aromatic carbocycles. The second-order valence-corrected chi connectivity index (χ2v) is 4.85. The molecule has 3 rings (SSSR count). The number of aliphatic hydroxyl groups excluding tert-OH is 1. The van der Waals surface area contributed by atoms with Crippen LogP contribution in [-0.2, 0) is 0 Å². The van der Waals surface area contributed by atoms with Gasteiger partial charge in [-0.15, -0.1) is 0 Å². The van der Waals surface area contributed by atoms with E-state index in [1.165, 1.54) is 12.1 Å². The third-order valence-corrected chi connectivity index (χ3v) is 3.33. The number of carboxylic acids is 1. The number of carboxylic acid groups (broad SMARTS) is 1. The Bertz CT molecular complexity index is 989. The molecule has 3 aromatic rings. The zero-order chi connectivity index (χ0) is 16.4. The maximum absolute atomic E-state index is 12.0. The Kier molecular flexibility index (Phi) is 3.64. The summed E-state index contributed by atoms with van der Waals surface area (Å²) in [5, 5.41) is 19.4. The molecular formula is C17H12N2O4. The zero-order valence-electron chi connectivity index (χ0n) is 11.9. The van der Waals surface area contributed by atoms with Gasteiger partial charge in [-0.05, 0) is 18.2 Å². The van der Waals surface area contributed by atoms with Crippen LogP contribution < -0.4 is 5.56 Å². The van der Waals surface area contributed by atoms with Crippen LogP contribution in [0.15, 0.2) is 53.3 Å². The number of aromatic nitrogens is 2. The third-order valence-electron chi connectivity index (χ3n) is 3.33.